The van der Waals surface area contributed by atoms with Crippen molar-refractivity contribution in [2.24, 2.45) is 0 Å². The molecule has 0 bridgehead atoms. The van der Waals surface area contributed by atoms with Gasteiger partial charge in [0.2, 0.25) is 5.91 Å². The van der Waals surface area contributed by atoms with Crippen molar-refractivity contribution < 1.29 is 23.9 Å². The molecule has 0 unspecified atom stereocenters. The lowest BCUT2D eigenvalue weighted by molar-refractivity contribution is -0.136. The summed E-state index contributed by atoms with van der Waals surface area (Å²) >= 11 is 0. The Hall–Kier alpha value is -4.66. The van der Waals surface area contributed by atoms with Crippen molar-refractivity contribution in [1.82, 2.24) is 14.5 Å². The van der Waals surface area contributed by atoms with E-state index in [2.05, 4.69) is 10.3 Å². The fraction of sp³-hybridized carbons (Fsp3) is 0.185. The molecule has 9 nitrogen and oxygen atoms in total. The molecule has 0 aliphatic rings. The molecule has 1 heterocycles. The molecule has 0 aliphatic heterocycles. The van der Waals surface area contributed by atoms with Gasteiger partial charge in [0.15, 0.2) is 6.61 Å². The summed E-state index contributed by atoms with van der Waals surface area (Å²) in [5.74, 6) is -0.156. The summed E-state index contributed by atoms with van der Waals surface area (Å²) in [6, 6.07) is 21.8. The maximum Gasteiger partial charge on any atom is 0.338 e. The highest BCUT2D eigenvalue weighted by molar-refractivity contribution is 5.97. The number of aromatic nitrogens is 2. The predicted octanol–water partition coefficient (Wildman–Crippen LogP) is 3.60. The van der Waals surface area contributed by atoms with Gasteiger partial charge in [-0.15, -0.1) is 0 Å². The number of carbonyl (C=O) groups excluding carboxylic acids is 3. The number of hydrogen-bond donors (Lipinski definition) is 1. The van der Waals surface area contributed by atoms with Gasteiger partial charge in [-0.1, -0.05) is 24.3 Å². The topological polar surface area (TPSA) is 103 Å². The number of imidazole rings is 1. The van der Waals surface area contributed by atoms with Gasteiger partial charge >= 0.3 is 5.97 Å². The van der Waals surface area contributed by atoms with Crippen molar-refractivity contribution >= 4 is 34.5 Å². The Labute approximate surface area is 208 Å². The molecule has 0 aliphatic carbocycles. The Bertz CT molecular complexity index is 1410. The first-order valence-electron chi connectivity index (χ1n) is 11.2. The van der Waals surface area contributed by atoms with Gasteiger partial charge in [-0.05, 0) is 49.4 Å². The van der Waals surface area contributed by atoms with Gasteiger partial charge in [-0.25, -0.2) is 9.78 Å². The molecule has 1 N–H and O–H groups in total. The first-order chi connectivity index (χ1) is 17.4. The Morgan fingerprint density at radius 3 is 2.53 bits per heavy atom. The third-order valence-electron chi connectivity index (χ3n) is 5.56. The maximum atomic E-state index is 12.6. The number of nitrogens with one attached hydrogen (secondary N) is 1. The van der Waals surface area contributed by atoms with Gasteiger partial charge in [0.1, 0.15) is 11.6 Å². The zero-order valence-electron chi connectivity index (χ0n) is 20.2. The average molecular weight is 487 g/mol. The van der Waals surface area contributed by atoms with Crippen LogP contribution < -0.4 is 10.1 Å². The van der Waals surface area contributed by atoms with Gasteiger partial charge in [0, 0.05) is 24.5 Å². The van der Waals surface area contributed by atoms with Crippen LogP contribution in [0.4, 0.5) is 5.69 Å². The van der Waals surface area contributed by atoms with Crippen LogP contribution in [0.2, 0.25) is 0 Å². The number of carbonyl (C=O) groups is 3. The molecule has 0 saturated heterocycles. The predicted molar refractivity (Wildman–Crippen MR) is 135 cm³/mol. The van der Waals surface area contributed by atoms with Crippen molar-refractivity contribution in [1.29, 1.82) is 0 Å². The third kappa shape index (κ3) is 5.52. The molecule has 3 aromatic carbocycles. The van der Waals surface area contributed by atoms with Crippen LogP contribution in [0.1, 0.15) is 16.2 Å². The van der Waals surface area contributed by atoms with Crippen LogP contribution in [0.5, 0.6) is 5.75 Å². The van der Waals surface area contributed by atoms with Crippen LogP contribution >= 0.6 is 0 Å². The average Bonchev–Trinajstić information content (AvgIpc) is 3.22. The number of rotatable bonds is 8. The molecule has 184 valence electrons. The van der Waals surface area contributed by atoms with Crippen molar-refractivity contribution in [3.63, 3.8) is 0 Å². The SMILES string of the molecule is COc1cccc(NC(=O)CN(C)C(=O)COC(=O)c2ccc3c(c2)nc(C)n3-c2ccccc2)c1. The van der Waals surface area contributed by atoms with Gasteiger partial charge in [-0.3, -0.25) is 14.2 Å². The number of anilines is 1. The lowest BCUT2D eigenvalue weighted by Crippen LogP contribution is -2.37. The molecule has 4 aromatic rings. The lowest BCUT2D eigenvalue weighted by atomic mass is 10.2. The normalized spacial score (nSPS) is 10.6. The minimum atomic E-state index is -0.647. The lowest BCUT2D eigenvalue weighted by Gasteiger charge is -2.17. The number of ether oxygens (including phenoxy) is 2. The van der Waals surface area contributed by atoms with E-state index in [9.17, 15) is 14.4 Å². The number of benzene rings is 3. The summed E-state index contributed by atoms with van der Waals surface area (Å²) in [6.07, 6.45) is 0. The molecule has 0 saturated carbocycles. The molecule has 2 amide bonds. The highest BCUT2D eigenvalue weighted by Gasteiger charge is 2.18. The van der Waals surface area contributed by atoms with Gasteiger partial charge in [-0.2, -0.15) is 0 Å². The summed E-state index contributed by atoms with van der Waals surface area (Å²) in [5, 5.41) is 2.70. The van der Waals surface area contributed by atoms with Crippen LogP contribution in [0, 0.1) is 6.92 Å². The maximum absolute atomic E-state index is 12.6. The highest BCUT2D eigenvalue weighted by Crippen LogP contribution is 2.22. The minimum Gasteiger partial charge on any atom is -0.497 e. The van der Waals surface area contributed by atoms with Crippen LogP contribution in [0.25, 0.3) is 16.7 Å². The Balaban J connectivity index is 1.34. The number of nitrogens with zero attached hydrogens (tertiary/aromatic N) is 3. The number of likely N-dealkylation sites (N-methyl/N-ethyl adjacent to an activating group) is 1. The number of esters is 1. The summed E-state index contributed by atoms with van der Waals surface area (Å²) in [4.78, 5) is 43.0. The minimum absolute atomic E-state index is 0.199. The molecular formula is C27H26N4O5. The summed E-state index contributed by atoms with van der Waals surface area (Å²) in [7, 11) is 3.00. The molecule has 4 rings (SSSR count). The van der Waals surface area contributed by atoms with Crippen molar-refractivity contribution in [2.45, 2.75) is 6.92 Å². The van der Waals surface area contributed by atoms with E-state index in [1.54, 1.807) is 42.5 Å². The first kappa shape index (κ1) is 24.5. The molecule has 9 heteroatoms. The zero-order chi connectivity index (χ0) is 25.7. The second kappa shape index (κ2) is 10.7. The molecule has 0 atom stereocenters. The molecule has 0 radical (unpaired) electrons. The Morgan fingerprint density at radius 1 is 1.00 bits per heavy atom. The van der Waals surface area contributed by atoms with Crippen LogP contribution in [0.3, 0.4) is 0 Å². The largest absolute Gasteiger partial charge is 0.497 e. The molecule has 1 aromatic heterocycles. The quantitative estimate of drug-likeness (QED) is 0.382. The summed E-state index contributed by atoms with van der Waals surface area (Å²) in [5.41, 5.74) is 3.30. The second-order valence-corrected chi connectivity index (χ2v) is 8.14. The summed E-state index contributed by atoms with van der Waals surface area (Å²) in [6.45, 7) is 1.21. The van der Waals surface area contributed by atoms with Gasteiger partial charge < -0.3 is 19.7 Å². The van der Waals surface area contributed by atoms with Crippen LogP contribution in [-0.4, -0.2) is 59.5 Å². The van der Waals surface area contributed by atoms with Crippen LogP contribution in [0.15, 0.2) is 72.8 Å². The molecule has 0 fully saturated rings. The number of fused-ring (bicyclic) bond motifs is 1. The summed E-state index contributed by atoms with van der Waals surface area (Å²) < 4.78 is 12.3. The standard InChI is InChI=1S/C27H26N4O5/c1-18-28-23-14-19(12-13-24(23)31(18)21-9-5-4-6-10-21)27(34)36-17-26(33)30(2)16-25(32)29-20-8-7-11-22(15-20)35-3/h4-15H,16-17H2,1-3H3,(H,29,32). The van der Waals surface area contributed by atoms with E-state index in [0.717, 1.165) is 17.0 Å². The van der Waals surface area contributed by atoms with Gasteiger partial charge in [0.05, 0.1) is 30.3 Å². The molecular weight excluding hydrogens is 460 g/mol. The zero-order valence-corrected chi connectivity index (χ0v) is 20.2. The van der Waals surface area contributed by atoms with E-state index in [1.807, 2.05) is 41.8 Å². The molecule has 0 spiro atoms. The van der Waals surface area contributed by atoms with Crippen molar-refractivity contribution in [3.8, 4) is 11.4 Å². The van der Waals surface area contributed by atoms with E-state index in [-0.39, 0.29) is 18.0 Å². The monoisotopic (exact) mass is 486 g/mol. The van der Waals surface area contributed by atoms with E-state index in [1.165, 1.54) is 19.1 Å². The number of amides is 2. The van der Waals surface area contributed by atoms with E-state index in [4.69, 9.17) is 9.47 Å². The Morgan fingerprint density at radius 2 is 1.78 bits per heavy atom. The first-order valence-corrected chi connectivity index (χ1v) is 11.2. The molecule has 36 heavy (non-hydrogen) atoms. The van der Waals surface area contributed by atoms with Crippen molar-refractivity contribution in [2.75, 3.05) is 32.6 Å². The highest BCUT2D eigenvalue weighted by atomic mass is 16.5. The van der Waals surface area contributed by atoms with E-state index >= 15 is 0 Å². The van der Waals surface area contributed by atoms with Crippen LogP contribution in [-0.2, 0) is 14.3 Å². The van der Waals surface area contributed by atoms with E-state index < -0.39 is 18.5 Å². The van der Waals surface area contributed by atoms with Gasteiger partial charge in [0.25, 0.3) is 5.91 Å². The smallest absolute Gasteiger partial charge is 0.338 e. The number of methoxy groups -OCH3 is 1. The fourth-order valence-corrected chi connectivity index (χ4v) is 3.76. The second-order valence-electron chi connectivity index (χ2n) is 8.14. The third-order valence-corrected chi connectivity index (χ3v) is 5.56. The number of para-hydroxylation sites is 1. The van der Waals surface area contributed by atoms with Crippen molar-refractivity contribution in [3.05, 3.63) is 84.2 Å². The number of hydrogen-bond acceptors (Lipinski definition) is 6. The number of aryl methyl sites for hydroxylation is 1. The fourth-order valence-electron chi connectivity index (χ4n) is 3.76. The Kier molecular flexibility index (Phi) is 7.29. The van der Waals surface area contributed by atoms with E-state index in [0.29, 0.717) is 17.0 Å².